The van der Waals surface area contributed by atoms with Gasteiger partial charge in [-0.15, -0.1) is 0 Å². The molecule has 88 valence electrons. The van der Waals surface area contributed by atoms with Crippen molar-refractivity contribution < 1.29 is 23.1 Å². The zero-order valence-corrected chi connectivity index (χ0v) is 8.47. The molecule has 0 bridgehead atoms. The van der Waals surface area contributed by atoms with E-state index < -0.39 is 24.1 Å². The predicted molar refractivity (Wildman–Crippen MR) is 47.5 cm³/mol. The van der Waals surface area contributed by atoms with Crippen molar-refractivity contribution in [3.63, 3.8) is 0 Å². The number of carboxylic acid groups (broad SMARTS) is 1. The van der Waals surface area contributed by atoms with Crippen LogP contribution in [0, 0.1) is 5.41 Å². The van der Waals surface area contributed by atoms with E-state index in [1.165, 1.54) is 0 Å². The molecule has 0 radical (unpaired) electrons. The molecule has 0 aromatic rings. The van der Waals surface area contributed by atoms with Crippen LogP contribution in [0.2, 0.25) is 0 Å². The molecule has 1 aliphatic rings. The summed E-state index contributed by atoms with van der Waals surface area (Å²) < 4.78 is 38.0. The lowest BCUT2D eigenvalue weighted by molar-refractivity contribution is -0.227. The van der Waals surface area contributed by atoms with Gasteiger partial charge in [-0.05, 0) is 25.9 Å². The van der Waals surface area contributed by atoms with Gasteiger partial charge in [-0.1, -0.05) is 6.92 Å². The fraction of sp³-hybridized carbons (Fsp3) is 0.889. The van der Waals surface area contributed by atoms with E-state index in [4.69, 9.17) is 5.11 Å². The number of hydrogen-bond acceptors (Lipinski definition) is 2. The molecule has 3 nitrogen and oxygen atoms in total. The van der Waals surface area contributed by atoms with Crippen LogP contribution in [0.4, 0.5) is 13.2 Å². The van der Waals surface area contributed by atoms with Gasteiger partial charge in [0.05, 0.1) is 0 Å². The molecular weight excluding hydrogens is 211 g/mol. The van der Waals surface area contributed by atoms with Crippen molar-refractivity contribution in [3.05, 3.63) is 0 Å². The fourth-order valence-electron chi connectivity index (χ4n) is 1.92. The molecule has 0 amide bonds. The van der Waals surface area contributed by atoms with Crippen molar-refractivity contribution in [1.29, 1.82) is 0 Å². The highest BCUT2D eigenvalue weighted by Gasteiger charge is 2.63. The number of aliphatic carboxylic acids is 1. The van der Waals surface area contributed by atoms with Crippen molar-refractivity contribution in [2.45, 2.75) is 25.9 Å². The Balaban J connectivity index is 2.84. The molecule has 1 aliphatic heterocycles. The molecule has 1 fully saturated rings. The van der Waals surface area contributed by atoms with Crippen molar-refractivity contribution in [2.75, 3.05) is 19.6 Å². The van der Waals surface area contributed by atoms with Crippen LogP contribution in [0.3, 0.4) is 0 Å². The molecule has 1 rings (SSSR count). The Hall–Kier alpha value is -0.780. The van der Waals surface area contributed by atoms with Gasteiger partial charge < -0.3 is 10.0 Å². The van der Waals surface area contributed by atoms with E-state index in [0.29, 0.717) is 6.54 Å². The number of rotatable bonds is 3. The summed E-state index contributed by atoms with van der Waals surface area (Å²) in [6.07, 6.45) is -4.28. The highest BCUT2D eigenvalue weighted by Crippen LogP contribution is 2.45. The number of halogens is 3. The SMILES string of the molecule is CCCN1CCC(C(=O)O)(C(F)(F)F)C1. The van der Waals surface area contributed by atoms with E-state index in [1.807, 2.05) is 6.92 Å². The summed E-state index contributed by atoms with van der Waals surface area (Å²) in [7, 11) is 0. The van der Waals surface area contributed by atoms with Crippen molar-refractivity contribution >= 4 is 5.97 Å². The molecule has 0 aliphatic carbocycles. The van der Waals surface area contributed by atoms with E-state index in [9.17, 15) is 18.0 Å². The van der Waals surface area contributed by atoms with Crippen LogP contribution in [0.25, 0.3) is 0 Å². The van der Waals surface area contributed by atoms with Gasteiger partial charge in [0.25, 0.3) is 0 Å². The average Bonchev–Trinajstić information content (AvgIpc) is 2.49. The van der Waals surface area contributed by atoms with Crippen molar-refractivity contribution in [2.24, 2.45) is 5.41 Å². The third kappa shape index (κ3) is 2.09. The second-order valence-corrected chi connectivity index (χ2v) is 3.91. The molecule has 1 unspecified atom stereocenters. The summed E-state index contributed by atoms with van der Waals surface area (Å²) in [6, 6.07) is 0. The Bertz CT molecular complexity index is 254. The minimum atomic E-state index is -4.67. The quantitative estimate of drug-likeness (QED) is 0.795. The van der Waals surface area contributed by atoms with Crippen LogP contribution in [-0.2, 0) is 4.79 Å². The number of alkyl halides is 3. The van der Waals surface area contributed by atoms with Gasteiger partial charge in [0.2, 0.25) is 0 Å². The first-order chi connectivity index (χ1) is 6.83. The molecule has 1 N–H and O–H groups in total. The molecule has 1 atom stereocenters. The normalized spacial score (nSPS) is 28.3. The Morgan fingerprint density at radius 1 is 1.53 bits per heavy atom. The maximum absolute atomic E-state index is 12.7. The van der Waals surface area contributed by atoms with E-state index >= 15 is 0 Å². The van der Waals surface area contributed by atoms with Crippen molar-refractivity contribution in [3.8, 4) is 0 Å². The zero-order chi connectivity index (χ0) is 11.7. The van der Waals surface area contributed by atoms with E-state index in [1.54, 1.807) is 4.90 Å². The molecule has 15 heavy (non-hydrogen) atoms. The molecule has 1 saturated heterocycles. The standard InChI is InChI=1S/C9H14F3NO2/c1-2-4-13-5-3-8(6-13,7(14)15)9(10,11)12/h2-6H2,1H3,(H,14,15). The second-order valence-electron chi connectivity index (χ2n) is 3.91. The maximum Gasteiger partial charge on any atom is 0.406 e. The minimum absolute atomic E-state index is 0.208. The van der Waals surface area contributed by atoms with Gasteiger partial charge in [0.1, 0.15) is 0 Å². The van der Waals surface area contributed by atoms with Crippen LogP contribution >= 0.6 is 0 Å². The Kier molecular flexibility index (Phi) is 3.28. The second kappa shape index (κ2) is 4.00. The average molecular weight is 225 g/mol. The lowest BCUT2D eigenvalue weighted by Gasteiger charge is -2.27. The van der Waals surface area contributed by atoms with Crippen LogP contribution in [0.1, 0.15) is 19.8 Å². The largest absolute Gasteiger partial charge is 0.481 e. The number of hydrogen-bond donors (Lipinski definition) is 1. The molecule has 0 spiro atoms. The first kappa shape index (κ1) is 12.3. The smallest absolute Gasteiger partial charge is 0.406 e. The first-order valence-corrected chi connectivity index (χ1v) is 4.86. The van der Waals surface area contributed by atoms with Crippen molar-refractivity contribution in [1.82, 2.24) is 4.90 Å². The third-order valence-electron chi connectivity index (χ3n) is 2.84. The highest BCUT2D eigenvalue weighted by molar-refractivity contribution is 5.76. The van der Waals surface area contributed by atoms with Crippen LogP contribution in [0.5, 0.6) is 0 Å². The lowest BCUT2D eigenvalue weighted by atomic mass is 9.86. The zero-order valence-electron chi connectivity index (χ0n) is 8.47. The van der Waals surface area contributed by atoms with E-state index in [-0.39, 0.29) is 13.0 Å². The Morgan fingerprint density at radius 2 is 2.13 bits per heavy atom. The summed E-state index contributed by atoms with van der Waals surface area (Å²) in [6.45, 7) is 2.17. The fourth-order valence-corrected chi connectivity index (χ4v) is 1.92. The maximum atomic E-state index is 12.7. The van der Waals surface area contributed by atoms with Gasteiger partial charge in [0, 0.05) is 6.54 Å². The van der Waals surface area contributed by atoms with E-state index in [2.05, 4.69) is 0 Å². The number of nitrogens with zero attached hydrogens (tertiary/aromatic N) is 1. The molecule has 6 heteroatoms. The Labute approximate surface area is 85.9 Å². The van der Waals surface area contributed by atoms with E-state index in [0.717, 1.165) is 6.42 Å². The monoisotopic (exact) mass is 225 g/mol. The van der Waals surface area contributed by atoms with Gasteiger partial charge in [-0.25, -0.2) is 0 Å². The first-order valence-electron chi connectivity index (χ1n) is 4.86. The molecular formula is C9H14F3NO2. The summed E-state index contributed by atoms with van der Waals surface area (Å²) in [5.41, 5.74) is -2.55. The summed E-state index contributed by atoms with van der Waals surface area (Å²) >= 11 is 0. The minimum Gasteiger partial charge on any atom is -0.481 e. The molecule has 1 heterocycles. The molecule has 0 aromatic heterocycles. The molecule has 0 aromatic carbocycles. The third-order valence-corrected chi connectivity index (χ3v) is 2.84. The number of carboxylic acids is 1. The molecule has 0 saturated carbocycles. The van der Waals surface area contributed by atoms with Crippen LogP contribution in [0.15, 0.2) is 0 Å². The number of carbonyl (C=O) groups is 1. The highest BCUT2D eigenvalue weighted by atomic mass is 19.4. The summed E-state index contributed by atoms with van der Waals surface area (Å²) in [5, 5.41) is 8.74. The van der Waals surface area contributed by atoms with Gasteiger partial charge >= 0.3 is 12.1 Å². The Morgan fingerprint density at radius 3 is 2.47 bits per heavy atom. The summed E-state index contributed by atoms with van der Waals surface area (Å²) in [5.74, 6) is -1.76. The van der Waals surface area contributed by atoms with Crippen LogP contribution < -0.4 is 0 Å². The predicted octanol–water partition coefficient (Wildman–Crippen LogP) is 1.74. The van der Waals surface area contributed by atoms with Gasteiger partial charge in [0.15, 0.2) is 5.41 Å². The number of likely N-dealkylation sites (tertiary alicyclic amines) is 1. The van der Waals surface area contributed by atoms with Gasteiger partial charge in [-0.3, -0.25) is 4.79 Å². The van der Waals surface area contributed by atoms with Crippen LogP contribution in [-0.4, -0.2) is 41.8 Å². The van der Waals surface area contributed by atoms with Gasteiger partial charge in [-0.2, -0.15) is 13.2 Å². The lowest BCUT2D eigenvalue weighted by Crippen LogP contribution is -2.47. The summed E-state index contributed by atoms with van der Waals surface area (Å²) in [4.78, 5) is 12.3. The topological polar surface area (TPSA) is 40.5 Å².